The number of hydrogen-bond donors (Lipinski definition) is 3. The largest absolute Gasteiger partial charge is 0.481 e. The minimum absolute atomic E-state index is 0.00818. The summed E-state index contributed by atoms with van der Waals surface area (Å²) in [6, 6.07) is -0.371. The van der Waals surface area contributed by atoms with Crippen molar-refractivity contribution in [1.82, 2.24) is 15.3 Å². The van der Waals surface area contributed by atoms with E-state index in [9.17, 15) is 9.59 Å². The van der Waals surface area contributed by atoms with Crippen LogP contribution >= 0.6 is 0 Å². The summed E-state index contributed by atoms with van der Waals surface area (Å²) in [5.41, 5.74) is 0.902. The topological polar surface area (TPSA) is 104 Å². The second kappa shape index (κ2) is 6.29. The number of carbonyl (C=O) groups excluding carboxylic acids is 1. The van der Waals surface area contributed by atoms with Crippen molar-refractivity contribution in [3.05, 3.63) is 17.7 Å². The summed E-state index contributed by atoms with van der Waals surface area (Å²) in [5.74, 6) is 0.213. The molecule has 0 aliphatic heterocycles. The molecule has 1 aromatic rings. The molecule has 0 unspecified atom stereocenters. The number of amides is 2. The van der Waals surface area contributed by atoms with Gasteiger partial charge in [0, 0.05) is 17.9 Å². The van der Waals surface area contributed by atoms with Crippen molar-refractivity contribution in [2.45, 2.75) is 57.9 Å². The van der Waals surface area contributed by atoms with E-state index >= 15 is 0 Å². The predicted octanol–water partition coefficient (Wildman–Crippen LogP) is 2.43. The summed E-state index contributed by atoms with van der Waals surface area (Å²) < 4.78 is 0. The first-order valence-electron chi connectivity index (χ1n) is 7.41. The molecule has 0 atom stereocenters. The van der Waals surface area contributed by atoms with Crippen LogP contribution in [0.4, 0.5) is 10.5 Å². The van der Waals surface area contributed by atoms with Crippen molar-refractivity contribution in [2.75, 3.05) is 5.32 Å². The molecule has 1 aromatic heterocycles. The van der Waals surface area contributed by atoms with Crippen LogP contribution in [0.25, 0.3) is 0 Å². The van der Waals surface area contributed by atoms with Gasteiger partial charge >= 0.3 is 12.0 Å². The maximum absolute atomic E-state index is 12.1. The van der Waals surface area contributed by atoms with Gasteiger partial charge in [-0.2, -0.15) is 0 Å². The molecule has 2 amide bonds. The van der Waals surface area contributed by atoms with E-state index in [1.54, 1.807) is 20.0 Å². The maximum atomic E-state index is 12.1. The van der Waals surface area contributed by atoms with E-state index in [2.05, 4.69) is 20.6 Å². The van der Waals surface area contributed by atoms with Crippen LogP contribution in [-0.2, 0) is 4.79 Å². The number of nitrogens with zero attached hydrogens (tertiary/aromatic N) is 2. The van der Waals surface area contributed by atoms with Gasteiger partial charge in [0.25, 0.3) is 0 Å². The van der Waals surface area contributed by atoms with Crippen molar-refractivity contribution in [3.63, 3.8) is 0 Å². The summed E-state index contributed by atoms with van der Waals surface area (Å²) >= 11 is 0. The fourth-order valence-electron chi connectivity index (χ4n) is 2.19. The number of aromatic nitrogens is 2. The molecule has 3 N–H and O–H groups in total. The van der Waals surface area contributed by atoms with Crippen LogP contribution in [0.15, 0.2) is 6.20 Å². The number of carboxylic acids is 1. The molecular formula is C15H22N4O3. The Balaban J connectivity index is 1.98. The molecule has 1 heterocycles. The van der Waals surface area contributed by atoms with Crippen LogP contribution in [0.1, 0.15) is 57.0 Å². The normalized spacial score (nSPS) is 14.5. The van der Waals surface area contributed by atoms with E-state index < -0.39 is 11.5 Å². The Morgan fingerprint density at radius 3 is 2.68 bits per heavy atom. The van der Waals surface area contributed by atoms with E-state index in [1.165, 1.54) is 0 Å². The number of carbonyl (C=O) groups is 2. The lowest BCUT2D eigenvalue weighted by Gasteiger charge is -2.26. The van der Waals surface area contributed by atoms with Gasteiger partial charge in [-0.15, -0.1) is 0 Å². The molecule has 1 fully saturated rings. The van der Waals surface area contributed by atoms with Gasteiger partial charge in [-0.1, -0.05) is 0 Å². The summed E-state index contributed by atoms with van der Waals surface area (Å²) in [7, 11) is 0. The molecular weight excluding hydrogens is 284 g/mol. The Hall–Kier alpha value is -2.18. The standard InChI is InChI=1S/C15H22N4O3/c1-9-16-8-11(13(17-9)10-4-5-10)18-14(22)19-15(2,3)7-6-12(20)21/h8,10H,4-7H2,1-3H3,(H,20,21)(H2,18,19,22). The molecule has 22 heavy (non-hydrogen) atoms. The zero-order valence-corrected chi connectivity index (χ0v) is 13.1. The molecule has 0 saturated heterocycles. The first kappa shape index (κ1) is 16.2. The van der Waals surface area contributed by atoms with Gasteiger partial charge in [0.2, 0.25) is 0 Å². The Kier molecular flexibility index (Phi) is 4.63. The Labute approximate surface area is 129 Å². The zero-order valence-electron chi connectivity index (χ0n) is 13.1. The Morgan fingerprint density at radius 2 is 2.09 bits per heavy atom. The SMILES string of the molecule is Cc1ncc(NC(=O)NC(C)(C)CCC(=O)O)c(C2CC2)n1. The smallest absolute Gasteiger partial charge is 0.319 e. The third-order valence-corrected chi connectivity index (χ3v) is 3.57. The lowest BCUT2D eigenvalue weighted by Crippen LogP contribution is -2.46. The van der Waals surface area contributed by atoms with Crippen LogP contribution < -0.4 is 10.6 Å². The van der Waals surface area contributed by atoms with E-state index in [4.69, 9.17) is 5.11 Å². The summed E-state index contributed by atoms with van der Waals surface area (Å²) in [6.45, 7) is 5.41. The fourth-order valence-corrected chi connectivity index (χ4v) is 2.19. The van der Waals surface area contributed by atoms with Crippen LogP contribution in [0.2, 0.25) is 0 Å². The van der Waals surface area contributed by atoms with E-state index in [-0.39, 0.29) is 12.5 Å². The second-order valence-electron chi connectivity index (χ2n) is 6.35. The lowest BCUT2D eigenvalue weighted by atomic mass is 9.99. The third-order valence-electron chi connectivity index (χ3n) is 3.57. The number of nitrogens with one attached hydrogen (secondary N) is 2. The maximum Gasteiger partial charge on any atom is 0.319 e. The first-order chi connectivity index (χ1) is 10.3. The Bertz CT molecular complexity index is 582. The highest BCUT2D eigenvalue weighted by Gasteiger charge is 2.29. The number of aryl methyl sites for hydroxylation is 1. The van der Waals surface area contributed by atoms with Crippen molar-refractivity contribution in [2.24, 2.45) is 0 Å². The molecule has 7 heteroatoms. The lowest BCUT2D eigenvalue weighted by molar-refractivity contribution is -0.137. The number of aliphatic carboxylic acids is 1. The molecule has 0 spiro atoms. The highest BCUT2D eigenvalue weighted by molar-refractivity contribution is 5.90. The molecule has 0 aromatic carbocycles. The highest BCUT2D eigenvalue weighted by atomic mass is 16.4. The highest BCUT2D eigenvalue weighted by Crippen LogP contribution is 2.42. The number of urea groups is 1. The average molecular weight is 306 g/mol. The molecule has 1 aliphatic rings. The van der Waals surface area contributed by atoms with E-state index in [0.717, 1.165) is 18.5 Å². The number of carboxylic acid groups (broad SMARTS) is 1. The predicted molar refractivity (Wildman–Crippen MR) is 81.8 cm³/mol. The first-order valence-corrected chi connectivity index (χ1v) is 7.41. The molecule has 7 nitrogen and oxygen atoms in total. The molecule has 0 radical (unpaired) electrons. The monoisotopic (exact) mass is 306 g/mol. The van der Waals surface area contributed by atoms with Gasteiger partial charge in [-0.05, 0) is 40.0 Å². The van der Waals surface area contributed by atoms with E-state index in [0.29, 0.717) is 23.9 Å². The van der Waals surface area contributed by atoms with Gasteiger partial charge in [0.05, 0.1) is 17.6 Å². The van der Waals surface area contributed by atoms with Crippen molar-refractivity contribution in [3.8, 4) is 0 Å². The molecule has 2 rings (SSSR count). The van der Waals surface area contributed by atoms with Crippen LogP contribution in [0.3, 0.4) is 0 Å². The average Bonchev–Trinajstić information content (AvgIpc) is 3.22. The Morgan fingerprint density at radius 1 is 1.41 bits per heavy atom. The van der Waals surface area contributed by atoms with Gasteiger partial charge in [-0.3, -0.25) is 4.79 Å². The van der Waals surface area contributed by atoms with Crippen LogP contribution in [0.5, 0.6) is 0 Å². The van der Waals surface area contributed by atoms with Crippen LogP contribution in [0, 0.1) is 6.92 Å². The van der Waals surface area contributed by atoms with Crippen molar-refractivity contribution in [1.29, 1.82) is 0 Å². The number of rotatable bonds is 6. The van der Waals surface area contributed by atoms with Crippen molar-refractivity contribution < 1.29 is 14.7 Å². The fraction of sp³-hybridized carbons (Fsp3) is 0.600. The minimum atomic E-state index is -0.877. The third kappa shape index (κ3) is 4.68. The number of hydrogen-bond acceptors (Lipinski definition) is 4. The number of anilines is 1. The summed E-state index contributed by atoms with van der Waals surface area (Å²) in [5, 5.41) is 14.3. The molecule has 0 bridgehead atoms. The van der Waals surface area contributed by atoms with Gasteiger partial charge in [0.1, 0.15) is 5.82 Å². The van der Waals surface area contributed by atoms with Gasteiger partial charge in [0.15, 0.2) is 0 Å². The summed E-state index contributed by atoms with van der Waals surface area (Å²) in [4.78, 5) is 31.3. The minimum Gasteiger partial charge on any atom is -0.481 e. The summed E-state index contributed by atoms with van der Waals surface area (Å²) in [6.07, 6.45) is 4.15. The van der Waals surface area contributed by atoms with Gasteiger partial charge < -0.3 is 15.7 Å². The zero-order chi connectivity index (χ0) is 16.3. The second-order valence-corrected chi connectivity index (χ2v) is 6.35. The van der Waals surface area contributed by atoms with Crippen molar-refractivity contribution >= 4 is 17.7 Å². The quantitative estimate of drug-likeness (QED) is 0.748. The van der Waals surface area contributed by atoms with Gasteiger partial charge in [-0.25, -0.2) is 14.8 Å². The molecule has 120 valence electrons. The van der Waals surface area contributed by atoms with Crippen LogP contribution in [-0.4, -0.2) is 32.6 Å². The van der Waals surface area contributed by atoms with E-state index in [1.807, 2.05) is 6.92 Å². The molecule has 1 aliphatic carbocycles. The molecule has 1 saturated carbocycles.